The van der Waals surface area contributed by atoms with E-state index in [1.165, 1.54) is 0 Å². The molecule has 0 spiro atoms. The number of nitrogens with zero attached hydrogens (tertiary/aromatic N) is 1. The Labute approximate surface area is 53.5 Å². The van der Waals surface area contributed by atoms with Gasteiger partial charge < -0.3 is 10.6 Å². The lowest BCUT2D eigenvalue weighted by molar-refractivity contribution is -0.205. The van der Waals surface area contributed by atoms with Crippen molar-refractivity contribution in [2.24, 2.45) is 5.73 Å². The van der Waals surface area contributed by atoms with Crippen LogP contribution in [0.15, 0.2) is 0 Å². The van der Waals surface area contributed by atoms with Gasteiger partial charge in [-0.2, -0.15) is 0 Å². The van der Waals surface area contributed by atoms with E-state index in [1.54, 1.807) is 5.06 Å². The third-order valence-corrected chi connectivity index (χ3v) is 1.21. The Morgan fingerprint density at radius 3 is 2.67 bits per heavy atom. The molecule has 0 amide bonds. The molecule has 0 bridgehead atoms. The Kier molecular flexibility index (Phi) is 2.02. The first-order valence-corrected chi connectivity index (χ1v) is 2.99. The van der Waals surface area contributed by atoms with Gasteiger partial charge in [-0.15, -0.1) is 5.06 Å². The predicted octanol–water partition coefficient (Wildman–Crippen LogP) is -0.891. The highest BCUT2D eigenvalue weighted by Gasteiger charge is 2.17. The minimum atomic E-state index is -0.352. The molecule has 0 atom stereocenters. The molecule has 1 heterocycles. The Bertz CT molecular complexity index is 112. The van der Waals surface area contributed by atoms with Crippen LogP contribution in [0.1, 0.15) is 6.42 Å². The van der Waals surface area contributed by atoms with E-state index in [0.717, 1.165) is 19.5 Å². The molecule has 2 N–H and O–H groups in total. The number of hydrogen-bond acceptors (Lipinski definition) is 4. The summed E-state index contributed by atoms with van der Waals surface area (Å²) in [7, 11) is 0. The molecule has 0 aromatic rings. The van der Waals surface area contributed by atoms with E-state index in [2.05, 4.69) is 0 Å². The lowest BCUT2D eigenvalue weighted by Gasteiger charge is -2.28. The van der Waals surface area contributed by atoms with Crippen molar-refractivity contribution in [3.63, 3.8) is 0 Å². The van der Waals surface area contributed by atoms with E-state index in [1.807, 2.05) is 0 Å². The van der Waals surface area contributed by atoms with E-state index in [4.69, 9.17) is 10.6 Å². The standard InChI is InChI=1S/C5H10N2O2/c6-4-5(8)9-7-2-1-3-7/h1-4,6H2. The van der Waals surface area contributed by atoms with Crippen molar-refractivity contribution in [3.05, 3.63) is 0 Å². The summed E-state index contributed by atoms with van der Waals surface area (Å²) in [6, 6.07) is 0. The Balaban J connectivity index is 2.09. The molecular weight excluding hydrogens is 120 g/mol. The topological polar surface area (TPSA) is 55.6 Å². The van der Waals surface area contributed by atoms with Crippen LogP contribution in [0.2, 0.25) is 0 Å². The molecule has 0 radical (unpaired) electrons. The first kappa shape index (κ1) is 6.51. The van der Waals surface area contributed by atoms with Gasteiger partial charge in [-0.05, 0) is 6.42 Å². The summed E-state index contributed by atoms with van der Waals surface area (Å²) >= 11 is 0. The SMILES string of the molecule is NCC(=O)ON1CCC1. The van der Waals surface area contributed by atoms with Gasteiger partial charge in [-0.3, -0.25) is 0 Å². The second kappa shape index (κ2) is 2.80. The third-order valence-electron chi connectivity index (χ3n) is 1.21. The highest BCUT2D eigenvalue weighted by atomic mass is 16.7. The number of hydrogen-bond donors (Lipinski definition) is 1. The minimum Gasteiger partial charge on any atom is -0.367 e. The zero-order valence-electron chi connectivity index (χ0n) is 5.17. The number of rotatable bonds is 2. The van der Waals surface area contributed by atoms with Gasteiger partial charge >= 0.3 is 5.97 Å². The maximum Gasteiger partial charge on any atom is 0.338 e. The van der Waals surface area contributed by atoms with Gasteiger partial charge in [0.05, 0.1) is 6.54 Å². The van der Waals surface area contributed by atoms with Crippen LogP contribution in [0.25, 0.3) is 0 Å². The number of hydroxylamine groups is 2. The van der Waals surface area contributed by atoms with Gasteiger partial charge in [0.25, 0.3) is 0 Å². The van der Waals surface area contributed by atoms with Crippen LogP contribution in [0.4, 0.5) is 0 Å². The highest BCUT2D eigenvalue weighted by molar-refractivity contribution is 5.70. The summed E-state index contributed by atoms with van der Waals surface area (Å²) in [5.74, 6) is -0.352. The van der Waals surface area contributed by atoms with Gasteiger partial charge in [0, 0.05) is 13.1 Å². The molecule has 52 valence electrons. The van der Waals surface area contributed by atoms with Gasteiger partial charge in [0.2, 0.25) is 0 Å². The van der Waals surface area contributed by atoms with Crippen molar-refractivity contribution in [3.8, 4) is 0 Å². The van der Waals surface area contributed by atoms with Crippen molar-refractivity contribution in [1.29, 1.82) is 0 Å². The molecule has 4 nitrogen and oxygen atoms in total. The van der Waals surface area contributed by atoms with E-state index in [-0.39, 0.29) is 12.5 Å². The summed E-state index contributed by atoms with van der Waals surface area (Å²) in [4.78, 5) is 15.1. The molecule has 1 fully saturated rings. The second-order valence-corrected chi connectivity index (χ2v) is 1.95. The molecule has 1 saturated heterocycles. The van der Waals surface area contributed by atoms with Crippen LogP contribution < -0.4 is 5.73 Å². The van der Waals surface area contributed by atoms with Gasteiger partial charge in [-0.1, -0.05) is 0 Å². The molecule has 4 heteroatoms. The summed E-state index contributed by atoms with van der Waals surface area (Å²) < 4.78 is 0. The van der Waals surface area contributed by atoms with Crippen molar-refractivity contribution in [2.75, 3.05) is 19.6 Å². The summed E-state index contributed by atoms with van der Waals surface area (Å²) in [5.41, 5.74) is 5.00. The van der Waals surface area contributed by atoms with Crippen LogP contribution >= 0.6 is 0 Å². The molecule has 0 saturated carbocycles. The van der Waals surface area contributed by atoms with E-state index in [0.29, 0.717) is 0 Å². The summed E-state index contributed by atoms with van der Waals surface area (Å²) in [5, 5.41) is 1.61. The second-order valence-electron chi connectivity index (χ2n) is 1.95. The Hall–Kier alpha value is -0.610. The van der Waals surface area contributed by atoms with E-state index in [9.17, 15) is 4.79 Å². The van der Waals surface area contributed by atoms with Crippen LogP contribution in [0.3, 0.4) is 0 Å². The molecule has 1 aliphatic heterocycles. The van der Waals surface area contributed by atoms with Crippen LogP contribution in [-0.2, 0) is 9.63 Å². The van der Waals surface area contributed by atoms with Gasteiger partial charge in [0.1, 0.15) is 0 Å². The first-order valence-electron chi connectivity index (χ1n) is 2.99. The Morgan fingerprint density at radius 1 is 1.67 bits per heavy atom. The van der Waals surface area contributed by atoms with E-state index < -0.39 is 0 Å². The average Bonchev–Trinajstić information content (AvgIpc) is 1.78. The zero-order chi connectivity index (χ0) is 6.69. The molecular formula is C5H10N2O2. The van der Waals surface area contributed by atoms with Crippen molar-refractivity contribution in [1.82, 2.24) is 5.06 Å². The Morgan fingerprint density at radius 2 is 2.33 bits per heavy atom. The minimum absolute atomic E-state index is 0.0312. The summed E-state index contributed by atoms with van der Waals surface area (Å²) in [6.07, 6.45) is 1.11. The lowest BCUT2D eigenvalue weighted by Crippen LogP contribution is -2.40. The van der Waals surface area contributed by atoms with Crippen molar-refractivity contribution < 1.29 is 9.63 Å². The van der Waals surface area contributed by atoms with Gasteiger partial charge in [0.15, 0.2) is 0 Å². The first-order chi connectivity index (χ1) is 4.33. The maximum absolute atomic E-state index is 10.4. The molecule has 0 aromatic heterocycles. The predicted molar refractivity (Wildman–Crippen MR) is 31.3 cm³/mol. The molecule has 1 aliphatic rings. The third kappa shape index (κ3) is 1.65. The monoisotopic (exact) mass is 130 g/mol. The van der Waals surface area contributed by atoms with Crippen molar-refractivity contribution in [2.45, 2.75) is 6.42 Å². The number of carbonyl (C=O) groups is 1. The zero-order valence-corrected chi connectivity index (χ0v) is 5.17. The fourth-order valence-corrected chi connectivity index (χ4v) is 0.560. The quantitative estimate of drug-likeness (QED) is 0.526. The molecule has 9 heavy (non-hydrogen) atoms. The maximum atomic E-state index is 10.4. The molecule has 0 aliphatic carbocycles. The fourth-order valence-electron chi connectivity index (χ4n) is 0.560. The highest BCUT2D eigenvalue weighted by Crippen LogP contribution is 2.04. The van der Waals surface area contributed by atoms with E-state index >= 15 is 0 Å². The molecule has 0 aromatic carbocycles. The van der Waals surface area contributed by atoms with Gasteiger partial charge in [-0.25, -0.2) is 4.79 Å². The number of carbonyl (C=O) groups excluding carboxylic acids is 1. The van der Waals surface area contributed by atoms with Crippen LogP contribution in [0.5, 0.6) is 0 Å². The smallest absolute Gasteiger partial charge is 0.338 e. The average molecular weight is 130 g/mol. The normalized spacial score (nSPS) is 18.8. The largest absolute Gasteiger partial charge is 0.367 e. The molecule has 0 unspecified atom stereocenters. The lowest BCUT2D eigenvalue weighted by atomic mass is 10.3. The van der Waals surface area contributed by atoms with Crippen molar-refractivity contribution >= 4 is 5.97 Å². The molecule has 1 rings (SSSR count). The van der Waals surface area contributed by atoms with Crippen LogP contribution in [0, 0.1) is 0 Å². The van der Waals surface area contributed by atoms with Crippen LogP contribution in [-0.4, -0.2) is 30.7 Å². The summed E-state index contributed by atoms with van der Waals surface area (Å²) in [6.45, 7) is 1.67. The number of nitrogens with two attached hydrogens (primary N) is 1. The fraction of sp³-hybridized carbons (Fsp3) is 0.800.